The van der Waals surface area contributed by atoms with Crippen molar-refractivity contribution in [1.29, 1.82) is 0 Å². The number of hydrogen-bond acceptors (Lipinski definition) is 6. The van der Waals surface area contributed by atoms with Crippen LogP contribution in [0.4, 0.5) is 5.95 Å². The molecule has 0 spiro atoms. The van der Waals surface area contributed by atoms with Crippen LogP contribution in [0.5, 0.6) is 11.5 Å². The fraction of sp³-hybridized carbons (Fsp3) is 0.316. The van der Waals surface area contributed by atoms with Crippen LogP contribution in [0.1, 0.15) is 24.5 Å². The van der Waals surface area contributed by atoms with Crippen molar-refractivity contribution in [2.24, 2.45) is 0 Å². The van der Waals surface area contributed by atoms with Crippen LogP contribution in [0.25, 0.3) is 0 Å². The number of benzene rings is 2. The van der Waals surface area contributed by atoms with Crippen LogP contribution in [-0.4, -0.2) is 27.3 Å². The first-order valence-electron chi connectivity index (χ1n) is 8.85. The number of nitrogens with zero attached hydrogens (tertiary/aromatic N) is 4. The fourth-order valence-electron chi connectivity index (χ4n) is 2.68. The molecule has 0 fully saturated rings. The molecule has 3 aromatic rings. The minimum Gasteiger partial charge on any atom is -0.493 e. The minimum absolute atomic E-state index is 0.289. The highest BCUT2D eigenvalue weighted by atomic mass is 35.5. The Morgan fingerprint density at radius 1 is 1.14 bits per heavy atom. The maximum absolute atomic E-state index is 6.25. The molecule has 148 valence electrons. The van der Waals surface area contributed by atoms with E-state index < -0.39 is 0 Å². The van der Waals surface area contributed by atoms with E-state index >= 15 is 0 Å². The van der Waals surface area contributed by atoms with Gasteiger partial charge >= 0.3 is 0 Å². The summed E-state index contributed by atoms with van der Waals surface area (Å²) in [5.74, 6) is 1.88. The lowest BCUT2D eigenvalue weighted by Crippen LogP contribution is -2.10. The zero-order valence-electron chi connectivity index (χ0n) is 15.7. The van der Waals surface area contributed by atoms with Gasteiger partial charge in [0, 0.05) is 34.3 Å². The van der Waals surface area contributed by atoms with Crippen molar-refractivity contribution in [3.05, 3.63) is 57.6 Å². The number of rotatable bonds is 9. The molecular weight excluding hydrogens is 401 g/mol. The standard InChI is InChI=1S/C19H21Cl2N5O2/c1-3-9-26-19(23-24-25-26)22-11-13-5-4-6-17(27-2)18(13)28-12-14-7-8-15(20)10-16(14)21/h4-8,10H,3,9,11-12H2,1-2H3,(H,22,23,25). The molecule has 0 aliphatic heterocycles. The van der Waals surface area contributed by atoms with E-state index in [0.29, 0.717) is 34.0 Å². The van der Waals surface area contributed by atoms with Gasteiger partial charge in [-0.3, -0.25) is 0 Å². The van der Waals surface area contributed by atoms with Crippen LogP contribution in [0.2, 0.25) is 10.0 Å². The first kappa shape index (κ1) is 20.2. The van der Waals surface area contributed by atoms with Crippen molar-refractivity contribution in [1.82, 2.24) is 20.2 Å². The van der Waals surface area contributed by atoms with E-state index in [0.717, 1.165) is 24.1 Å². The number of nitrogens with one attached hydrogen (secondary N) is 1. The van der Waals surface area contributed by atoms with Gasteiger partial charge in [0.1, 0.15) is 6.61 Å². The summed E-state index contributed by atoms with van der Waals surface area (Å²) < 4.78 is 13.3. The maximum Gasteiger partial charge on any atom is 0.243 e. The second-order valence-electron chi connectivity index (χ2n) is 6.05. The Hall–Kier alpha value is -2.51. The third-order valence-corrected chi connectivity index (χ3v) is 4.66. The van der Waals surface area contributed by atoms with Crippen molar-refractivity contribution in [2.75, 3.05) is 12.4 Å². The van der Waals surface area contributed by atoms with Gasteiger partial charge in [0.15, 0.2) is 11.5 Å². The molecule has 3 rings (SSSR count). The Morgan fingerprint density at radius 2 is 2.00 bits per heavy atom. The van der Waals surface area contributed by atoms with Gasteiger partial charge in [-0.15, -0.1) is 0 Å². The minimum atomic E-state index is 0.289. The second kappa shape index (κ2) is 9.61. The van der Waals surface area contributed by atoms with Gasteiger partial charge in [-0.25, -0.2) is 4.68 Å². The summed E-state index contributed by atoms with van der Waals surface area (Å²) in [7, 11) is 1.61. The van der Waals surface area contributed by atoms with Gasteiger partial charge in [-0.2, -0.15) is 0 Å². The number of para-hydroxylation sites is 1. The number of aryl methyl sites for hydroxylation is 1. The summed E-state index contributed by atoms with van der Waals surface area (Å²) in [6.45, 7) is 3.58. The zero-order valence-corrected chi connectivity index (χ0v) is 17.2. The molecular formula is C19H21Cl2N5O2. The fourth-order valence-corrected chi connectivity index (χ4v) is 3.14. The maximum atomic E-state index is 6.25. The van der Waals surface area contributed by atoms with Crippen LogP contribution in [0.15, 0.2) is 36.4 Å². The lowest BCUT2D eigenvalue weighted by atomic mass is 10.1. The molecule has 0 saturated heterocycles. The molecule has 28 heavy (non-hydrogen) atoms. The first-order chi connectivity index (χ1) is 13.6. The summed E-state index contributed by atoms with van der Waals surface area (Å²) >= 11 is 12.2. The van der Waals surface area contributed by atoms with E-state index in [1.54, 1.807) is 23.9 Å². The van der Waals surface area contributed by atoms with E-state index in [4.69, 9.17) is 32.7 Å². The number of halogens is 2. The molecule has 0 saturated carbocycles. The van der Waals surface area contributed by atoms with Gasteiger partial charge in [0.05, 0.1) is 7.11 Å². The highest BCUT2D eigenvalue weighted by Crippen LogP contribution is 2.33. The molecule has 0 aliphatic rings. The lowest BCUT2D eigenvalue weighted by molar-refractivity contribution is 0.282. The quantitative estimate of drug-likeness (QED) is 0.544. The lowest BCUT2D eigenvalue weighted by Gasteiger charge is -2.16. The Bertz CT molecular complexity index is 932. The summed E-state index contributed by atoms with van der Waals surface area (Å²) in [4.78, 5) is 0. The molecule has 1 N–H and O–H groups in total. The molecule has 2 aromatic carbocycles. The van der Waals surface area contributed by atoms with E-state index in [1.165, 1.54) is 0 Å². The topological polar surface area (TPSA) is 74.1 Å². The van der Waals surface area contributed by atoms with Crippen LogP contribution in [-0.2, 0) is 19.7 Å². The van der Waals surface area contributed by atoms with Gasteiger partial charge in [-0.05, 0) is 35.0 Å². The largest absolute Gasteiger partial charge is 0.493 e. The highest BCUT2D eigenvalue weighted by molar-refractivity contribution is 6.35. The number of tetrazole rings is 1. The van der Waals surface area contributed by atoms with E-state index in [1.807, 2.05) is 24.3 Å². The van der Waals surface area contributed by atoms with Gasteiger partial charge in [-0.1, -0.05) is 53.4 Å². The molecule has 9 heteroatoms. The number of hydrogen-bond donors (Lipinski definition) is 1. The van der Waals surface area contributed by atoms with Crippen molar-refractivity contribution in [3.8, 4) is 11.5 Å². The van der Waals surface area contributed by atoms with Crippen molar-refractivity contribution >= 4 is 29.2 Å². The van der Waals surface area contributed by atoms with Gasteiger partial charge in [0.25, 0.3) is 0 Å². The summed E-state index contributed by atoms with van der Waals surface area (Å²) in [6, 6.07) is 11.0. The molecule has 0 bridgehead atoms. The predicted octanol–water partition coefficient (Wildman–Crippen LogP) is 4.59. The highest BCUT2D eigenvalue weighted by Gasteiger charge is 2.13. The molecule has 1 aromatic heterocycles. The average Bonchev–Trinajstić information content (AvgIpc) is 3.13. The SMILES string of the molecule is CCCn1nnnc1NCc1cccc(OC)c1OCc1ccc(Cl)cc1Cl. The molecule has 0 amide bonds. The number of aromatic nitrogens is 4. The van der Waals surface area contributed by atoms with Gasteiger partial charge < -0.3 is 14.8 Å². The van der Waals surface area contributed by atoms with Crippen molar-refractivity contribution in [2.45, 2.75) is 33.0 Å². The monoisotopic (exact) mass is 421 g/mol. The summed E-state index contributed by atoms with van der Waals surface area (Å²) in [5, 5.41) is 16.1. The van der Waals surface area contributed by atoms with Crippen LogP contribution in [0, 0.1) is 0 Å². The van der Waals surface area contributed by atoms with E-state index in [2.05, 4.69) is 27.8 Å². The van der Waals surface area contributed by atoms with E-state index in [9.17, 15) is 0 Å². The molecule has 0 atom stereocenters. The third-order valence-electron chi connectivity index (χ3n) is 4.07. The normalized spacial score (nSPS) is 10.7. The second-order valence-corrected chi connectivity index (χ2v) is 6.90. The van der Waals surface area contributed by atoms with Crippen LogP contribution >= 0.6 is 23.2 Å². The molecule has 0 radical (unpaired) electrons. The Balaban J connectivity index is 1.77. The first-order valence-corrected chi connectivity index (χ1v) is 9.60. The molecule has 0 aliphatic carbocycles. The Labute approximate surface area is 173 Å². The predicted molar refractivity (Wildman–Crippen MR) is 109 cm³/mol. The molecule has 7 nitrogen and oxygen atoms in total. The van der Waals surface area contributed by atoms with Crippen molar-refractivity contribution in [3.63, 3.8) is 0 Å². The molecule has 1 heterocycles. The zero-order chi connectivity index (χ0) is 19.9. The van der Waals surface area contributed by atoms with Gasteiger partial charge in [0.2, 0.25) is 5.95 Å². The Morgan fingerprint density at radius 3 is 2.75 bits per heavy atom. The summed E-state index contributed by atoms with van der Waals surface area (Å²) in [5.41, 5.74) is 1.75. The molecule has 0 unspecified atom stereocenters. The third kappa shape index (κ3) is 4.85. The van der Waals surface area contributed by atoms with E-state index in [-0.39, 0.29) is 6.61 Å². The Kier molecular flexibility index (Phi) is 6.95. The number of methoxy groups -OCH3 is 1. The van der Waals surface area contributed by atoms with Crippen molar-refractivity contribution < 1.29 is 9.47 Å². The van der Waals surface area contributed by atoms with Crippen LogP contribution in [0.3, 0.4) is 0 Å². The summed E-state index contributed by atoms with van der Waals surface area (Å²) in [6.07, 6.45) is 0.940. The van der Waals surface area contributed by atoms with Crippen LogP contribution < -0.4 is 14.8 Å². The average molecular weight is 422 g/mol. The number of anilines is 1. The smallest absolute Gasteiger partial charge is 0.243 e. The number of ether oxygens (including phenoxy) is 2.